The predicted octanol–water partition coefficient (Wildman–Crippen LogP) is 2.84. The Hall–Kier alpha value is -1.09. The fourth-order valence-electron chi connectivity index (χ4n) is 1.71. The number of nitrogen functional groups attached to an aromatic ring is 1. The Morgan fingerprint density at radius 1 is 1.38 bits per heavy atom. The molecule has 0 radical (unpaired) electrons. The molecule has 2 N–H and O–H groups in total. The summed E-state index contributed by atoms with van der Waals surface area (Å²) in [5.74, 6) is 0. The van der Waals surface area contributed by atoms with Crippen LogP contribution in [0.3, 0.4) is 0 Å². The third-order valence-corrected chi connectivity index (χ3v) is 2.65. The summed E-state index contributed by atoms with van der Waals surface area (Å²) in [6, 6.07) is 8.29. The average Bonchev–Trinajstić information content (AvgIpc) is 2.24. The lowest BCUT2D eigenvalue weighted by atomic mass is 10.1. The van der Waals surface area contributed by atoms with Crippen LogP contribution in [-0.4, -0.2) is 24.2 Å². The summed E-state index contributed by atoms with van der Waals surface area (Å²) in [4.78, 5) is 2.26. The van der Waals surface area contributed by atoms with E-state index in [1.54, 1.807) is 0 Å². The van der Waals surface area contributed by atoms with Crippen molar-refractivity contribution < 1.29 is 4.39 Å². The minimum atomic E-state index is -0.250. The molecule has 16 heavy (non-hydrogen) atoms. The monoisotopic (exact) mass is 224 g/mol. The molecule has 0 atom stereocenters. The number of hydrogen-bond acceptors (Lipinski definition) is 2. The molecule has 0 spiro atoms. The van der Waals surface area contributed by atoms with Crippen molar-refractivity contribution in [3.8, 4) is 0 Å². The predicted molar refractivity (Wildman–Crippen MR) is 67.0 cm³/mol. The van der Waals surface area contributed by atoms with E-state index in [1.165, 1.54) is 5.56 Å². The highest BCUT2D eigenvalue weighted by Gasteiger charge is 2.09. The van der Waals surface area contributed by atoms with Crippen LogP contribution in [0.25, 0.3) is 0 Å². The Bertz CT molecular complexity index is 313. The van der Waals surface area contributed by atoms with Gasteiger partial charge in [0.1, 0.15) is 0 Å². The summed E-state index contributed by atoms with van der Waals surface area (Å²) in [6.07, 6.45) is 0.598. The van der Waals surface area contributed by atoms with E-state index in [2.05, 4.69) is 24.8 Å². The summed E-state index contributed by atoms with van der Waals surface area (Å²) in [5, 5.41) is 0. The van der Waals surface area contributed by atoms with Gasteiger partial charge in [-0.25, -0.2) is 0 Å². The zero-order chi connectivity index (χ0) is 12.0. The number of nitrogens with zero attached hydrogens (tertiary/aromatic N) is 1. The number of benzene rings is 1. The van der Waals surface area contributed by atoms with Crippen molar-refractivity contribution in [2.24, 2.45) is 0 Å². The minimum absolute atomic E-state index is 0.250. The quantitative estimate of drug-likeness (QED) is 0.753. The Labute approximate surface area is 97.3 Å². The van der Waals surface area contributed by atoms with E-state index >= 15 is 0 Å². The van der Waals surface area contributed by atoms with Crippen LogP contribution in [0, 0.1) is 0 Å². The van der Waals surface area contributed by atoms with Gasteiger partial charge in [-0.3, -0.25) is 9.29 Å². The zero-order valence-corrected chi connectivity index (χ0v) is 10.1. The first kappa shape index (κ1) is 13.0. The summed E-state index contributed by atoms with van der Waals surface area (Å²) >= 11 is 0. The summed E-state index contributed by atoms with van der Waals surface area (Å²) < 4.78 is 12.2. The Morgan fingerprint density at radius 2 is 2.12 bits per heavy atom. The maximum atomic E-state index is 12.2. The van der Waals surface area contributed by atoms with Crippen molar-refractivity contribution >= 4 is 5.69 Å². The van der Waals surface area contributed by atoms with Crippen LogP contribution in [0.1, 0.15) is 25.8 Å². The molecule has 1 aromatic carbocycles. The van der Waals surface area contributed by atoms with E-state index < -0.39 is 0 Å². The van der Waals surface area contributed by atoms with Gasteiger partial charge in [0.15, 0.2) is 0 Å². The molecule has 0 unspecified atom stereocenters. The molecular weight excluding hydrogens is 203 g/mol. The van der Waals surface area contributed by atoms with Gasteiger partial charge in [-0.05, 0) is 38.0 Å². The number of halogens is 1. The first-order valence-corrected chi connectivity index (χ1v) is 5.78. The van der Waals surface area contributed by atoms with E-state index in [9.17, 15) is 4.39 Å². The topological polar surface area (TPSA) is 29.3 Å². The Kier molecular flexibility index (Phi) is 5.26. The van der Waals surface area contributed by atoms with E-state index in [4.69, 9.17) is 5.73 Å². The molecule has 0 aliphatic heterocycles. The van der Waals surface area contributed by atoms with E-state index in [1.807, 2.05) is 18.2 Å². The molecule has 0 aromatic heterocycles. The van der Waals surface area contributed by atoms with Crippen molar-refractivity contribution in [2.75, 3.05) is 19.0 Å². The van der Waals surface area contributed by atoms with E-state index in [0.29, 0.717) is 12.5 Å². The fraction of sp³-hybridized carbons (Fsp3) is 0.538. The smallest absolute Gasteiger partial charge is 0.0906 e. The third kappa shape index (κ3) is 4.19. The van der Waals surface area contributed by atoms with E-state index in [0.717, 1.165) is 18.8 Å². The van der Waals surface area contributed by atoms with Gasteiger partial charge in [0.25, 0.3) is 0 Å². The fourth-order valence-corrected chi connectivity index (χ4v) is 1.71. The molecule has 2 nitrogen and oxygen atoms in total. The standard InChI is InChI=1S/C13H21FN2/c1-11(2)16(8-4-7-14)10-12-5-3-6-13(15)9-12/h3,5-6,9,11H,4,7-8,10,15H2,1-2H3. The van der Waals surface area contributed by atoms with Crippen LogP contribution in [-0.2, 0) is 6.54 Å². The molecule has 0 aliphatic carbocycles. The van der Waals surface area contributed by atoms with Crippen LogP contribution >= 0.6 is 0 Å². The first-order chi connectivity index (χ1) is 7.63. The molecule has 0 fully saturated rings. The molecule has 1 rings (SSSR count). The molecule has 3 heteroatoms. The molecule has 90 valence electrons. The first-order valence-electron chi connectivity index (χ1n) is 5.78. The molecular formula is C13H21FN2. The van der Waals surface area contributed by atoms with Crippen LogP contribution in [0.4, 0.5) is 10.1 Å². The normalized spacial score (nSPS) is 11.3. The van der Waals surface area contributed by atoms with Crippen molar-refractivity contribution in [1.82, 2.24) is 4.90 Å². The summed E-state index contributed by atoms with van der Waals surface area (Å²) in [5.41, 5.74) is 7.70. The van der Waals surface area contributed by atoms with Gasteiger partial charge in [0, 0.05) is 24.8 Å². The number of hydrogen-bond donors (Lipinski definition) is 1. The molecule has 1 aromatic rings. The number of anilines is 1. The van der Waals surface area contributed by atoms with Crippen LogP contribution in [0.2, 0.25) is 0 Å². The van der Waals surface area contributed by atoms with Gasteiger partial charge in [0.2, 0.25) is 0 Å². The lowest BCUT2D eigenvalue weighted by molar-refractivity contribution is 0.203. The average molecular weight is 224 g/mol. The number of alkyl halides is 1. The lowest BCUT2D eigenvalue weighted by Crippen LogP contribution is -2.31. The summed E-state index contributed by atoms with van der Waals surface area (Å²) in [7, 11) is 0. The van der Waals surface area contributed by atoms with Gasteiger partial charge >= 0.3 is 0 Å². The van der Waals surface area contributed by atoms with Crippen molar-refractivity contribution in [1.29, 1.82) is 0 Å². The number of nitrogens with two attached hydrogens (primary N) is 1. The van der Waals surface area contributed by atoms with Crippen molar-refractivity contribution in [2.45, 2.75) is 32.9 Å². The van der Waals surface area contributed by atoms with Crippen molar-refractivity contribution in [3.63, 3.8) is 0 Å². The molecule has 0 aliphatic rings. The highest BCUT2D eigenvalue weighted by atomic mass is 19.1. The second-order valence-electron chi connectivity index (χ2n) is 4.35. The highest BCUT2D eigenvalue weighted by molar-refractivity contribution is 5.40. The SMILES string of the molecule is CC(C)N(CCCF)Cc1cccc(N)c1. The lowest BCUT2D eigenvalue weighted by Gasteiger charge is -2.26. The maximum Gasteiger partial charge on any atom is 0.0906 e. The van der Waals surface area contributed by atoms with Gasteiger partial charge < -0.3 is 5.73 Å². The van der Waals surface area contributed by atoms with Gasteiger partial charge in [0.05, 0.1) is 6.67 Å². The second-order valence-corrected chi connectivity index (χ2v) is 4.35. The van der Waals surface area contributed by atoms with Gasteiger partial charge in [-0.15, -0.1) is 0 Å². The van der Waals surface area contributed by atoms with Crippen LogP contribution in [0.5, 0.6) is 0 Å². The van der Waals surface area contributed by atoms with Gasteiger partial charge in [-0.2, -0.15) is 0 Å². The van der Waals surface area contributed by atoms with Crippen LogP contribution < -0.4 is 5.73 Å². The molecule has 0 bridgehead atoms. The molecule has 0 amide bonds. The largest absolute Gasteiger partial charge is 0.399 e. The second kappa shape index (κ2) is 6.48. The molecule has 0 heterocycles. The van der Waals surface area contributed by atoms with E-state index in [-0.39, 0.29) is 6.67 Å². The summed E-state index contributed by atoms with van der Waals surface area (Å²) in [6.45, 7) is 5.64. The van der Waals surface area contributed by atoms with Crippen molar-refractivity contribution in [3.05, 3.63) is 29.8 Å². The molecule has 0 saturated carbocycles. The maximum absolute atomic E-state index is 12.2. The Morgan fingerprint density at radius 3 is 2.69 bits per heavy atom. The Balaban J connectivity index is 2.60. The molecule has 0 saturated heterocycles. The van der Waals surface area contributed by atoms with Crippen LogP contribution in [0.15, 0.2) is 24.3 Å². The highest BCUT2D eigenvalue weighted by Crippen LogP contribution is 2.12. The zero-order valence-electron chi connectivity index (χ0n) is 10.1. The van der Waals surface area contributed by atoms with Gasteiger partial charge in [-0.1, -0.05) is 12.1 Å². The third-order valence-electron chi connectivity index (χ3n) is 2.65. The minimum Gasteiger partial charge on any atom is -0.399 e. The number of rotatable bonds is 6.